The van der Waals surface area contributed by atoms with Crippen LogP contribution in [0.2, 0.25) is 10.0 Å². The minimum Gasteiger partial charge on any atom is -0.482 e. The average Bonchev–Trinajstić information content (AvgIpc) is 2.86. The van der Waals surface area contributed by atoms with Crippen molar-refractivity contribution in [3.05, 3.63) is 85.8 Å². The van der Waals surface area contributed by atoms with E-state index in [1.165, 1.54) is 49.5 Å². The first-order valence-electron chi connectivity index (χ1n) is 10.8. The van der Waals surface area contributed by atoms with Crippen LogP contribution in [0.25, 0.3) is 0 Å². The number of carbonyl (C=O) groups excluding carboxylic acids is 2. The number of nitrogen functional groups attached to an aromatic ring is 1. The number of non-ortho nitro benzene ring substituents is 1. The van der Waals surface area contributed by atoms with Crippen LogP contribution in [0.5, 0.6) is 11.5 Å². The van der Waals surface area contributed by atoms with Gasteiger partial charge in [0.1, 0.15) is 17.7 Å². The van der Waals surface area contributed by atoms with Crippen molar-refractivity contribution >= 4 is 57.6 Å². The Morgan fingerprint density at radius 3 is 2.49 bits per heavy atom. The molecule has 3 N–H and O–H groups in total. The SMILES string of the molecule is CC(=O)NCC#Cc1cnc(N)c(OC(C)c2c(Cl)ccc(F)c2Cl)c1.O=C(Cl)Oc1ccc([N+](=O)[O-])cc1. The summed E-state index contributed by atoms with van der Waals surface area (Å²) < 4.78 is 23.9. The van der Waals surface area contributed by atoms with E-state index in [1.54, 1.807) is 13.0 Å². The van der Waals surface area contributed by atoms with Crippen molar-refractivity contribution in [1.29, 1.82) is 0 Å². The quantitative estimate of drug-likeness (QED) is 0.114. The number of nitrogens with one attached hydrogen (secondary N) is 1. The van der Waals surface area contributed by atoms with Crippen LogP contribution in [0.3, 0.4) is 0 Å². The number of hydrogen-bond donors (Lipinski definition) is 2. The summed E-state index contributed by atoms with van der Waals surface area (Å²) in [5.74, 6) is 5.44. The first kappa shape index (κ1) is 31.1. The molecule has 0 bridgehead atoms. The first-order valence-corrected chi connectivity index (χ1v) is 11.9. The molecule has 1 amide bonds. The average molecular weight is 598 g/mol. The maximum Gasteiger partial charge on any atom is 0.409 e. The van der Waals surface area contributed by atoms with Gasteiger partial charge in [-0.25, -0.2) is 14.2 Å². The van der Waals surface area contributed by atoms with Crippen molar-refractivity contribution in [3.63, 3.8) is 0 Å². The Morgan fingerprint density at radius 2 is 1.90 bits per heavy atom. The molecule has 10 nitrogen and oxygen atoms in total. The van der Waals surface area contributed by atoms with Gasteiger partial charge in [0, 0.05) is 59.1 Å². The molecule has 0 aliphatic carbocycles. The fourth-order valence-electron chi connectivity index (χ4n) is 2.83. The van der Waals surface area contributed by atoms with Crippen LogP contribution >= 0.6 is 34.8 Å². The molecular weight excluding hydrogens is 578 g/mol. The van der Waals surface area contributed by atoms with E-state index in [0.717, 1.165) is 0 Å². The number of pyridine rings is 1. The van der Waals surface area contributed by atoms with Crippen LogP contribution in [-0.2, 0) is 4.79 Å². The molecule has 0 saturated carbocycles. The summed E-state index contributed by atoms with van der Waals surface area (Å²) in [6, 6.07) is 9.20. The number of ether oxygens (including phenoxy) is 2. The van der Waals surface area contributed by atoms with Crippen LogP contribution in [0, 0.1) is 27.8 Å². The highest BCUT2D eigenvalue weighted by Crippen LogP contribution is 2.35. The van der Waals surface area contributed by atoms with Gasteiger partial charge >= 0.3 is 5.43 Å². The van der Waals surface area contributed by atoms with Gasteiger partial charge in [0.05, 0.1) is 16.5 Å². The molecule has 0 aliphatic heterocycles. The van der Waals surface area contributed by atoms with Crippen LogP contribution < -0.4 is 20.5 Å². The third kappa shape index (κ3) is 9.94. The fourth-order valence-corrected chi connectivity index (χ4v) is 3.59. The summed E-state index contributed by atoms with van der Waals surface area (Å²) in [5.41, 5.74) is 5.64. The van der Waals surface area contributed by atoms with Crippen molar-refractivity contribution < 1.29 is 28.4 Å². The normalized spacial score (nSPS) is 10.6. The Labute approximate surface area is 237 Å². The third-order valence-corrected chi connectivity index (χ3v) is 5.37. The van der Waals surface area contributed by atoms with E-state index >= 15 is 0 Å². The van der Waals surface area contributed by atoms with Crippen LogP contribution in [-0.4, -0.2) is 27.8 Å². The lowest BCUT2D eigenvalue weighted by Crippen LogP contribution is -2.19. The van der Waals surface area contributed by atoms with E-state index in [0.29, 0.717) is 11.1 Å². The zero-order valence-corrected chi connectivity index (χ0v) is 22.6. The second-order valence-corrected chi connectivity index (χ2v) is 8.52. The van der Waals surface area contributed by atoms with Crippen molar-refractivity contribution in [1.82, 2.24) is 10.3 Å². The standard InChI is InChI=1S/C18H16Cl2FN3O2.C7H4ClNO4/c1-10(16-13(19)5-6-14(21)17(16)20)26-15-8-12(9-24-18(15)22)4-3-7-23-11(2)25;8-7(10)13-6-3-1-5(2-4-6)9(11)12/h5-6,8-10H,7H2,1-2H3,(H2,22,24)(H,23,25);1-4H. The molecule has 0 fully saturated rings. The first-order chi connectivity index (χ1) is 18.4. The predicted octanol–water partition coefficient (Wildman–Crippen LogP) is 6.07. The molecule has 3 aromatic rings. The molecule has 0 spiro atoms. The van der Waals surface area contributed by atoms with E-state index in [1.807, 2.05) is 0 Å². The number of anilines is 1. The number of nitrogens with zero attached hydrogens (tertiary/aromatic N) is 2. The van der Waals surface area contributed by atoms with Crippen LogP contribution in [0.15, 0.2) is 48.7 Å². The molecule has 39 heavy (non-hydrogen) atoms. The highest BCUT2D eigenvalue weighted by molar-refractivity contribution is 6.61. The van der Waals surface area contributed by atoms with Gasteiger partial charge in [-0.05, 0) is 31.2 Å². The van der Waals surface area contributed by atoms with E-state index < -0.39 is 22.3 Å². The fraction of sp³-hybridized carbons (Fsp3) is 0.160. The molecule has 1 heterocycles. The van der Waals surface area contributed by atoms with Gasteiger partial charge in [0.15, 0.2) is 11.6 Å². The minimum atomic E-state index is -0.978. The van der Waals surface area contributed by atoms with Crippen molar-refractivity contribution in [3.8, 4) is 23.3 Å². The van der Waals surface area contributed by atoms with Crippen molar-refractivity contribution in [2.75, 3.05) is 12.3 Å². The van der Waals surface area contributed by atoms with E-state index in [-0.39, 0.29) is 45.5 Å². The molecule has 0 saturated heterocycles. The monoisotopic (exact) mass is 596 g/mol. The minimum absolute atomic E-state index is 0.0747. The number of hydrogen-bond acceptors (Lipinski definition) is 8. The lowest BCUT2D eigenvalue weighted by Gasteiger charge is -2.18. The second-order valence-electron chi connectivity index (χ2n) is 7.43. The number of nitro benzene ring substituents is 1. The highest BCUT2D eigenvalue weighted by Gasteiger charge is 2.19. The topological polar surface area (TPSA) is 147 Å². The molecule has 0 aliphatic rings. The van der Waals surface area contributed by atoms with Gasteiger partial charge in [0.25, 0.3) is 5.69 Å². The highest BCUT2D eigenvalue weighted by atomic mass is 35.5. The van der Waals surface area contributed by atoms with Gasteiger partial charge in [-0.3, -0.25) is 14.9 Å². The summed E-state index contributed by atoms with van der Waals surface area (Å²) in [6.45, 7) is 3.28. The smallest absolute Gasteiger partial charge is 0.409 e. The van der Waals surface area contributed by atoms with Gasteiger partial charge < -0.3 is 20.5 Å². The zero-order chi connectivity index (χ0) is 29.1. The van der Waals surface area contributed by atoms with Crippen molar-refractivity contribution in [2.24, 2.45) is 0 Å². The summed E-state index contributed by atoms with van der Waals surface area (Å²) >= 11 is 17.0. The molecule has 14 heteroatoms. The lowest BCUT2D eigenvalue weighted by atomic mass is 10.1. The summed E-state index contributed by atoms with van der Waals surface area (Å²) in [5, 5.41) is 12.9. The number of nitrogens with two attached hydrogens (primary N) is 1. The van der Waals surface area contributed by atoms with Crippen molar-refractivity contribution in [2.45, 2.75) is 20.0 Å². The maximum atomic E-state index is 13.7. The number of rotatable bonds is 6. The zero-order valence-electron chi connectivity index (χ0n) is 20.3. The Bertz CT molecular complexity index is 1430. The predicted molar refractivity (Wildman–Crippen MR) is 145 cm³/mol. The Hall–Kier alpha value is -4.11. The maximum absolute atomic E-state index is 13.7. The number of aromatic nitrogens is 1. The molecule has 1 unspecified atom stereocenters. The summed E-state index contributed by atoms with van der Waals surface area (Å²) in [7, 11) is 0. The number of carbonyl (C=O) groups is 2. The number of nitro groups is 1. The second kappa shape index (κ2) is 14.7. The van der Waals surface area contributed by atoms with Crippen LogP contribution in [0.4, 0.5) is 20.7 Å². The molecule has 204 valence electrons. The van der Waals surface area contributed by atoms with Gasteiger partial charge in [0.2, 0.25) is 5.91 Å². The van der Waals surface area contributed by atoms with Gasteiger partial charge in [-0.1, -0.05) is 35.0 Å². The van der Waals surface area contributed by atoms with Crippen LogP contribution in [0.1, 0.15) is 31.1 Å². The van der Waals surface area contributed by atoms with E-state index in [2.05, 4.69) is 26.9 Å². The number of amides is 1. The van der Waals surface area contributed by atoms with E-state index in [4.69, 9.17) is 45.3 Å². The Morgan fingerprint density at radius 1 is 1.23 bits per heavy atom. The summed E-state index contributed by atoms with van der Waals surface area (Å²) in [6.07, 6.45) is 0.813. The molecule has 2 aromatic carbocycles. The molecular formula is C25H20Cl3FN4O6. The van der Waals surface area contributed by atoms with Gasteiger partial charge in [-0.2, -0.15) is 0 Å². The lowest BCUT2D eigenvalue weighted by molar-refractivity contribution is -0.384. The molecule has 3 rings (SSSR count). The number of halogens is 4. The summed E-state index contributed by atoms with van der Waals surface area (Å²) in [4.78, 5) is 34.7. The molecule has 0 radical (unpaired) electrons. The Balaban J connectivity index is 0.000000344. The number of benzene rings is 2. The van der Waals surface area contributed by atoms with E-state index in [9.17, 15) is 24.1 Å². The largest absolute Gasteiger partial charge is 0.482 e. The van der Waals surface area contributed by atoms with Gasteiger partial charge in [-0.15, -0.1) is 0 Å². The Kier molecular flexibility index (Phi) is 11.7. The third-order valence-electron chi connectivity index (χ3n) is 4.58. The molecule has 1 aromatic heterocycles. The molecule has 1 atom stereocenters.